The molecule has 2 heterocycles. The van der Waals surface area contributed by atoms with Crippen LogP contribution in [0.4, 0.5) is 0 Å². The van der Waals surface area contributed by atoms with Gasteiger partial charge in [-0.05, 0) is 45.4 Å². The van der Waals surface area contributed by atoms with Crippen molar-refractivity contribution in [3.8, 4) is 5.75 Å². The number of carbonyl (C=O) groups is 1. The van der Waals surface area contributed by atoms with Gasteiger partial charge >= 0.3 is 5.97 Å². The lowest BCUT2D eigenvalue weighted by Crippen LogP contribution is -2.06. The molecule has 1 aromatic carbocycles. The molecule has 3 rings (SSSR count). The molecule has 0 aliphatic carbocycles. The molecule has 0 saturated carbocycles. The molecular formula is C22H25NO4. The van der Waals surface area contributed by atoms with E-state index in [1.54, 1.807) is 13.2 Å². The number of aromatic nitrogens is 1. The number of rotatable bonds is 7. The number of nitrogens with zero attached hydrogens (tertiary/aromatic N) is 1. The van der Waals surface area contributed by atoms with Gasteiger partial charge in [0.15, 0.2) is 0 Å². The van der Waals surface area contributed by atoms with E-state index in [0.29, 0.717) is 12.2 Å². The third-order valence-corrected chi connectivity index (χ3v) is 4.89. The molecule has 2 aromatic heterocycles. The predicted molar refractivity (Wildman–Crippen MR) is 104 cm³/mol. The van der Waals surface area contributed by atoms with Crippen molar-refractivity contribution in [1.29, 1.82) is 0 Å². The Morgan fingerprint density at radius 3 is 2.70 bits per heavy atom. The van der Waals surface area contributed by atoms with Crippen LogP contribution in [0.25, 0.3) is 11.0 Å². The van der Waals surface area contributed by atoms with E-state index in [0.717, 1.165) is 52.1 Å². The van der Waals surface area contributed by atoms with Gasteiger partial charge in [-0.3, -0.25) is 9.78 Å². The highest BCUT2D eigenvalue weighted by Gasteiger charge is 2.22. The molecule has 3 aromatic rings. The molecule has 0 spiro atoms. The predicted octanol–water partition coefficient (Wildman–Crippen LogP) is 5.16. The lowest BCUT2D eigenvalue weighted by atomic mass is 9.98. The molecule has 0 aliphatic rings. The Hall–Kier alpha value is -2.82. The molecule has 1 unspecified atom stereocenters. The van der Waals surface area contributed by atoms with Crippen molar-refractivity contribution in [3.63, 3.8) is 0 Å². The highest BCUT2D eigenvalue weighted by atomic mass is 16.5. The first-order chi connectivity index (χ1) is 12.9. The number of carboxylic acid groups (broad SMARTS) is 1. The normalized spacial score (nSPS) is 12.3. The van der Waals surface area contributed by atoms with Crippen molar-refractivity contribution < 1.29 is 19.1 Å². The third kappa shape index (κ3) is 3.82. The van der Waals surface area contributed by atoms with Gasteiger partial charge in [0, 0.05) is 33.5 Å². The van der Waals surface area contributed by atoms with Crippen LogP contribution in [0.2, 0.25) is 0 Å². The summed E-state index contributed by atoms with van der Waals surface area (Å²) >= 11 is 0. The highest BCUT2D eigenvalue weighted by Crippen LogP contribution is 2.35. The van der Waals surface area contributed by atoms with Crippen molar-refractivity contribution in [3.05, 3.63) is 58.6 Å². The van der Waals surface area contributed by atoms with Crippen molar-refractivity contribution in [1.82, 2.24) is 4.98 Å². The summed E-state index contributed by atoms with van der Waals surface area (Å²) in [5.41, 5.74) is 5.39. The SMILES string of the molecule is CCCc1c(OCc2ccc(C)nc2C)ccc2c(C(C)C(=O)O)coc12. The molecule has 0 amide bonds. The molecule has 5 heteroatoms. The van der Waals surface area contributed by atoms with Crippen LogP contribution in [0.15, 0.2) is 34.9 Å². The van der Waals surface area contributed by atoms with Crippen molar-refractivity contribution >= 4 is 16.9 Å². The molecule has 142 valence electrons. The van der Waals surface area contributed by atoms with Crippen LogP contribution in [0.1, 0.15) is 54.3 Å². The molecule has 0 bridgehead atoms. The van der Waals surface area contributed by atoms with E-state index in [-0.39, 0.29) is 0 Å². The van der Waals surface area contributed by atoms with Crippen molar-refractivity contribution in [2.24, 2.45) is 0 Å². The van der Waals surface area contributed by atoms with Crippen LogP contribution in [0.5, 0.6) is 5.75 Å². The van der Waals surface area contributed by atoms with E-state index in [9.17, 15) is 9.90 Å². The minimum atomic E-state index is -0.864. The van der Waals surface area contributed by atoms with Gasteiger partial charge in [-0.1, -0.05) is 19.4 Å². The number of aliphatic carboxylic acids is 1. The van der Waals surface area contributed by atoms with E-state index in [2.05, 4.69) is 11.9 Å². The number of carboxylic acids is 1. The fourth-order valence-electron chi connectivity index (χ4n) is 3.27. The average molecular weight is 367 g/mol. The smallest absolute Gasteiger partial charge is 0.310 e. The van der Waals surface area contributed by atoms with Crippen LogP contribution >= 0.6 is 0 Å². The maximum atomic E-state index is 11.4. The fourth-order valence-corrected chi connectivity index (χ4v) is 3.27. The first-order valence-electron chi connectivity index (χ1n) is 9.24. The Labute approximate surface area is 159 Å². The van der Waals surface area contributed by atoms with Gasteiger partial charge in [-0.2, -0.15) is 0 Å². The second-order valence-electron chi connectivity index (χ2n) is 6.91. The van der Waals surface area contributed by atoms with Gasteiger partial charge in [0.25, 0.3) is 0 Å². The maximum absolute atomic E-state index is 11.4. The fraction of sp³-hybridized carbons (Fsp3) is 0.364. The zero-order valence-electron chi connectivity index (χ0n) is 16.2. The standard InChI is InChI=1S/C22H25NO4/c1-5-6-18-20(26-11-16-8-7-13(2)23-15(16)4)10-9-17-19(12-27-21(17)18)14(3)22(24)25/h7-10,12,14H,5-6,11H2,1-4H3,(H,24,25). The number of pyridine rings is 1. The van der Waals surface area contributed by atoms with Crippen LogP contribution < -0.4 is 4.74 Å². The number of aryl methyl sites for hydroxylation is 3. The molecule has 0 saturated heterocycles. The summed E-state index contributed by atoms with van der Waals surface area (Å²) in [5, 5.41) is 10.2. The Kier molecular flexibility index (Phi) is 5.49. The second kappa shape index (κ2) is 7.82. The van der Waals surface area contributed by atoms with Gasteiger partial charge in [-0.15, -0.1) is 0 Å². The third-order valence-electron chi connectivity index (χ3n) is 4.89. The van der Waals surface area contributed by atoms with E-state index in [1.807, 2.05) is 38.1 Å². The monoisotopic (exact) mass is 367 g/mol. The number of hydrogen-bond donors (Lipinski definition) is 1. The molecule has 0 radical (unpaired) electrons. The lowest BCUT2D eigenvalue weighted by Gasteiger charge is -2.13. The van der Waals surface area contributed by atoms with Gasteiger partial charge in [0.2, 0.25) is 0 Å². The number of furan rings is 1. The number of ether oxygens (including phenoxy) is 1. The molecule has 0 fully saturated rings. The van der Waals surface area contributed by atoms with Crippen molar-refractivity contribution in [2.75, 3.05) is 0 Å². The van der Waals surface area contributed by atoms with Crippen molar-refractivity contribution in [2.45, 2.75) is 53.1 Å². The quantitative estimate of drug-likeness (QED) is 0.624. The zero-order chi connectivity index (χ0) is 19.6. The molecule has 0 aliphatic heterocycles. The second-order valence-corrected chi connectivity index (χ2v) is 6.91. The summed E-state index contributed by atoms with van der Waals surface area (Å²) in [7, 11) is 0. The molecule has 1 N–H and O–H groups in total. The summed E-state index contributed by atoms with van der Waals surface area (Å²) in [6.07, 6.45) is 3.29. The first kappa shape index (κ1) is 19.0. The Morgan fingerprint density at radius 2 is 2.04 bits per heavy atom. The molecular weight excluding hydrogens is 342 g/mol. The Bertz CT molecular complexity index is 974. The largest absolute Gasteiger partial charge is 0.488 e. The van der Waals surface area contributed by atoms with E-state index >= 15 is 0 Å². The highest BCUT2D eigenvalue weighted by molar-refractivity contribution is 5.90. The van der Waals surface area contributed by atoms with Gasteiger partial charge in [0.1, 0.15) is 17.9 Å². The molecule has 27 heavy (non-hydrogen) atoms. The minimum absolute atomic E-state index is 0.431. The van der Waals surface area contributed by atoms with E-state index in [1.165, 1.54) is 0 Å². The molecule has 1 atom stereocenters. The summed E-state index contributed by atoms with van der Waals surface area (Å²) in [4.78, 5) is 15.8. The number of benzene rings is 1. The summed E-state index contributed by atoms with van der Waals surface area (Å²) in [6, 6.07) is 7.82. The number of hydrogen-bond acceptors (Lipinski definition) is 4. The van der Waals surface area contributed by atoms with Crippen LogP contribution in [-0.2, 0) is 17.8 Å². The van der Waals surface area contributed by atoms with Gasteiger partial charge in [0.05, 0.1) is 12.2 Å². The lowest BCUT2D eigenvalue weighted by molar-refractivity contribution is -0.138. The average Bonchev–Trinajstić information content (AvgIpc) is 3.06. The van der Waals surface area contributed by atoms with Crippen LogP contribution in [-0.4, -0.2) is 16.1 Å². The topological polar surface area (TPSA) is 72.6 Å². The number of fused-ring (bicyclic) bond motifs is 1. The zero-order valence-corrected chi connectivity index (χ0v) is 16.2. The maximum Gasteiger partial charge on any atom is 0.310 e. The Morgan fingerprint density at radius 1 is 1.26 bits per heavy atom. The summed E-state index contributed by atoms with van der Waals surface area (Å²) in [5.74, 6) is -0.709. The van der Waals surface area contributed by atoms with Crippen LogP contribution in [0, 0.1) is 13.8 Å². The van der Waals surface area contributed by atoms with E-state index < -0.39 is 11.9 Å². The summed E-state index contributed by atoms with van der Waals surface area (Å²) in [6.45, 7) is 8.15. The van der Waals surface area contributed by atoms with Gasteiger partial charge in [-0.25, -0.2) is 0 Å². The van der Waals surface area contributed by atoms with Crippen LogP contribution in [0.3, 0.4) is 0 Å². The first-order valence-corrected chi connectivity index (χ1v) is 9.24. The summed E-state index contributed by atoms with van der Waals surface area (Å²) < 4.78 is 11.9. The molecule has 5 nitrogen and oxygen atoms in total. The van der Waals surface area contributed by atoms with E-state index in [4.69, 9.17) is 9.15 Å². The van der Waals surface area contributed by atoms with Gasteiger partial charge < -0.3 is 14.3 Å². The minimum Gasteiger partial charge on any atom is -0.488 e. The Balaban J connectivity index is 1.95.